The van der Waals surface area contributed by atoms with Crippen LogP contribution in [0.15, 0.2) is 23.8 Å². The van der Waals surface area contributed by atoms with Crippen molar-refractivity contribution in [3.05, 3.63) is 35.2 Å². The smallest absolute Gasteiger partial charge is 0.444 e. The van der Waals surface area contributed by atoms with Crippen LogP contribution in [-0.2, 0) is 36.7 Å². The van der Waals surface area contributed by atoms with Crippen LogP contribution in [0, 0.1) is 6.92 Å². The highest BCUT2D eigenvalue weighted by Crippen LogP contribution is 2.53. The zero-order chi connectivity index (χ0) is 31.8. The molecule has 0 spiro atoms. The summed E-state index contributed by atoms with van der Waals surface area (Å²) < 4.78 is 62.2. The van der Waals surface area contributed by atoms with Crippen LogP contribution in [0.25, 0.3) is 22.3 Å². The molecule has 3 saturated heterocycles. The minimum atomic E-state index is -5.06. The maximum absolute atomic E-state index is 13.3. The number of H-pyrrole nitrogens is 1. The molecule has 3 aliphatic rings. The van der Waals surface area contributed by atoms with E-state index in [1.165, 1.54) is 35.0 Å². The third-order valence-electron chi connectivity index (χ3n) is 7.45. The SMILES string of the molecule is [B-]P1(=O)OC[C@H]2O[C@@H](n3cnc4c(=O)[nH]c(C)nc43)[C@@H](OP(=O)(O)OC[C@H]3O[C@@H](n4cnc5c(N)ncnc54)C(O)[C@H]3O1)C2O. The van der Waals surface area contributed by atoms with E-state index in [0.717, 1.165) is 0 Å². The van der Waals surface area contributed by atoms with Crippen molar-refractivity contribution in [3.63, 3.8) is 0 Å². The van der Waals surface area contributed by atoms with Crippen molar-refractivity contribution in [3.8, 4) is 0 Å². The van der Waals surface area contributed by atoms with Gasteiger partial charge in [0, 0.05) is 0 Å². The van der Waals surface area contributed by atoms with Crippen molar-refractivity contribution in [2.75, 3.05) is 18.9 Å². The molecule has 24 heteroatoms. The lowest BCUT2D eigenvalue weighted by atomic mass is 10.1. The number of imidazole rings is 2. The Kier molecular flexibility index (Phi) is 7.45. The number of nitrogens with zero attached hydrogens (tertiary/aromatic N) is 7. The lowest BCUT2D eigenvalue weighted by Crippen LogP contribution is -2.36. The number of aromatic amines is 1. The molecule has 3 radical (unpaired) electrons. The number of aliphatic hydroxyl groups is 2. The standard InChI is InChI=1S/C21H24BN9O12P2/c1-7-28-18-11(19(34)29-7)27-6-31(18)21-15-12(32)8(40-21)2-38-44(22,35)42-14-9(3-39-45(36,37)43-15)41-20(13(14)33)30-5-26-10-16(23)24-4-25-17(10)30/h4-6,8-9,12-15,20-21,32-33H,2-3H2,1H3,(H,36,37)(H2,23,24,25)(H,28,29,34)/q-1/t8-,9-,12?,13?,14+,15+,20-,21-,44?/m1/s1. The van der Waals surface area contributed by atoms with Gasteiger partial charge in [0.05, 0.1) is 33.3 Å². The predicted octanol–water partition coefficient (Wildman–Crippen LogP) is -1.44. The summed E-state index contributed by atoms with van der Waals surface area (Å²) in [4.78, 5) is 46.0. The molecule has 3 aliphatic heterocycles. The van der Waals surface area contributed by atoms with E-state index in [9.17, 15) is 29.0 Å². The molecule has 7 rings (SSSR count). The van der Waals surface area contributed by atoms with Crippen molar-refractivity contribution in [2.45, 2.75) is 56.0 Å². The molecule has 0 saturated carbocycles. The molecule has 2 bridgehead atoms. The van der Waals surface area contributed by atoms with Gasteiger partial charge in [-0.15, -0.1) is 0 Å². The summed E-state index contributed by atoms with van der Waals surface area (Å²) in [7, 11) is -3.74. The minimum absolute atomic E-state index is 0.0209. The maximum atomic E-state index is 13.3. The van der Waals surface area contributed by atoms with Crippen LogP contribution in [0.3, 0.4) is 0 Å². The lowest BCUT2D eigenvalue weighted by molar-refractivity contribution is -0.0637. The summed E-state index contributed by atoms with van der Waals surface area (Å²) >= 11 is 0. The quantitative estimate of drug-likeness (QED) is 0.121. The summed E-state index contributed by atoms with van der Waals surface area (Å²) in [5.41, 5.74) is 5.62. The number of hydrogen-bond donors (Lipinski definition) is 5. The van der Waals surface area contributed by atoms with Crippen LogP contribution < -0.4 is 11.3 Å². The number of rotatable bonds is 2. The monoisotopic (exact) mass is 667 g/mol. The maximum Gasteiger partial charge on any atom is 0.472 e. The predicted molar refractivity (Wildman–Crippen MR) is 147 cm³/mol. The van der Waals surface area contributed by atoms with Crippen molar-refractivity contribution in [2.24, 2.45) is 0 Å². The van der Waals surface area contributed by atoms with Crippen LogP contribution in [0.2, 0.25) is 0 Å². The highest BCUT2D eigenvalue weighted by molar-refractivity contribution is 7.79. The van der Waals surface area contributed by atoms with Gasteiger partial charge in [0.1, 0.15) is 54.3 Å². The molecule has 21 nitrogen and oxygen atoms in total. The first-order valence-corrected chi connectivity index (χ1v) is 16.3. The van der Waals surface area contributed by atoms with Gasteiger partial charge in [-0.3, -0.25) is 23.0 Å². The van der Waals surface area contributed by atoms with Gasteiger partial charge in [-0.2, -0.15) is 0 Å². The Morgan fingerprint density at radius 2 is 1.62 bits per heavy atom. The van der Waals surface area contributed by atoms with Crippen molar-refractivity contribution in [1.82, 2.24) is 39.0 Å². The Labute approximate surface area is 252 Å². The van der Waals surface area contributed by atoms with Crippen LogP contribution in [-0.4, -0.2) is 112 Å². The van der Waals surface area contributed by atoms with Crippen LogP contribution in [0.4, 0.5) is 5.82 Å². The second-order valence-corrected chi connectivity index (χ2v) is 13.4. The zero-order valence-corrected chi connectivity index (χ0v) is 24.7. The van der Waals surface area contributed by atoms with Crippen molar-refractivity contribution >= 4 is 51.0 Å². The second kappa shape index (κ2) is 11.0. The molecule has 239 valence electrons. The number of fused-ring (bicyclic) bond motifs is 5. The van der Waals surface area contributed by atoms with Crippen molar-refractivity contribution in [1.29, 1.82) is 0 Å². The molecule has 4 aromatic heterocycles. The Hall–Kier alpha value is -3.14. The topological polar surface area (TPSA) is 283 Å². The van der Waals surface area contributed by atoms with E-state index < -0.39 is 83.1 Å². The zero-order valence-electron chi connectivity index (χ0n) is 23.0. The molecule has 0 aromatic carbocycles. The third kappa shape index (κ3) is 5.41. The summed E-state index contributed by atoms with van der Waals surface area (Å²) in [5.74, 6) is 0.293. The number of aromatic nitrogens is 8. The normalized spacial score (nSPS) is 37.7. The Bertz CT molecular complexity index is 1940. The molecule has 0 amide bonds. The summed E-state index contributed by atoms with van der Waals surface area (Å²) in [6.45, 7) is 0.0951. The number of hydrogen-bond acceptors (Lipinski definition) is 17. The molecular weight excluding hydrogens is 643 g/mol. The molecule has 4 aromatic rings. The fourth-order valence-electron chi connectivity index (χ4n) is 5.41. The number of nitrogens with one attached hydrogen (secondary N) is 1. The number of nitrogen functional groups attached to an aromatic ring is 1. The molecule has 3 fully saturated rings. The number of aryl methyl sites for hydroxylation is 1. The number of nitrogens with two attached hydrogens (primary N) is 1. The lowest BCUT2D eigenvalue weighted by Gasteiger charge is -2.33. The van der Waals surface area contributed by atoms with Gasteiger partial charge < -0.3 is 56.5 Å². The average molecular weight is 667 g/mol. The van der Waals surface area contributed by atoms with E-state index in [4.69, 9.17) is 40.9 Å². The number of aliphatic hydroxyl groups excluding tert-OH is 2. The van der Waals surface area contributed by atoms with E-state index in [-0.39, 0.29) is 34.0 Å². The van der Waals surface area contributed by atoms with E-state index in [1.54, 1.807) is 0 Å². The molecule has 45 heavy (non-hydrogen) atoms. The van der Waals surface area contributed by atoms with Crippen LogP contribution in [0.5, 0.6) is 0 Å². The number of phosphoric ester groups is 1. The first kappa shape index (κ1) is 30.5. The van der Waals surface area contributed by atoms with E-state index in [2.05, 4.69) is 29.9 Å². The first-order valence-electron chi connectivity index (χ1n) is 13.2. The summed E-state index contributed by atoms with van der Waals surface area (Å²) in [6.07, 6.45) is -8.30. The second-order valence-electron chi connectivity index (χ2n) is 10.4. The fourth-order valence-corrected chi connectivity index (χ4v) is 7.36. The molecule has 10 atom stereocenters. The van der Waals surface area contributed by atoms with Gasteiger partial charge in [-0.25, -0.2) is 29.5 Å². The van der Waals surface area contributed by atoms with Gasteiger partial charge in [0.25, 0.3) is 5.56 Å². The molecule has 6 N–H and O–H groups in total. The van der Waals surface area contributed by atoms with Crippen molar-refractivity contribution < 1.29 is 51.8 Å². The van der Waals surface area contributed by atoms with Crippen LogP contribution in [0.1, 0.15) is 18.3 Å². The summed E-state index contributed by atoms with van der Waals surface area (Å²) in [5, 5.41) is 22.3. The minimum Gasteiger partial charge on any atom is -0.444 e. The first-order chi connectivity index (χ1) is 21.3. The third-order valence-corrected chi connectivity index (χ3v) is 9.48. The molecule has 7 heterocycles. The highest BCUT2D eigenvalue weighted by Gasteiger charge is 2.52. The Morgan fingerprint density at radius 3 is 2.40 bits per heavy atom. The van der Waals surface area contributed by atoms with Gasteiger partial charge in [0.15, 0.2) is 35.1 Å². The van der Waals surface area contributed by atoms with E-state index in [0.29, 0.717) is 0 Å². The highest BCUT2D eigenvalue weighted by atomic mass is 31.2. The molecule has 0 aliphatic carbocycles. The number of ether oxygens (including phenoxy) is 2. The Balaban J connectivity index is 1.21. The van der Waals surface area contributed by atoms with Crippen LogP contribution >= 0.6 is 15.3 Å². The molecule has 4 unspecified atom stereocenters. The largest absolute Gasteiger partial charge is 0.472 e. The van der Waals surface area contributed by atoms with Gasteiger partial charge in [0.2, 0.25) is 0 Å². The van der Waals surface area contributed by atoms with Gasteiger partial charge in [-0.05, 0) is 6.92 Å². The summed E-state index contributed by atoms with van der Waals surface area (Å²) in [6, 6.07) is 0. The molecular formula is C21H24BN9O12P2-. The number of anilines is 1. The van der Waals surface area contributed by atoms with E-state index in [1.807, 2.05) is 0 Å². The van der Waals surface area contributed by atoms with E-state index >= 15 is 0 Å². The average Bonchev–Trinajstić information content (AvgIpc) is 3.72. The Morgan fingerprint density at radius 1 is 0.933 bits per heavy atom. The number of phosphoric acid groups is 1. The van der Waals surface area contributed by atoms with Gasteiger partial charge >= 0.3 is 7.82 Å². The van der Waals surface area contributed by atoms with Gasteiger partial charge in [-0.1, -0.05) is 0 Å². The fraction of sp³-hybridized carbons (Fsp3) is 0.524.